The summed E-state index contributed by atoms with van der Waals surface area (Å²) >= 11 is 0.725. The molecular formula is C24H25N3O6S. The van der Waals surface area contributed by atoms with E-state index in [1.54, 1.807) is 25.1 Å². The standard InChI is InChI=1S/C24H25N3O6S/c1-4-32-19-10-16(11-20-23(30)27(12-21(25)28)24(31)34-20)6-8-18(19)33-13-22(29)26-17-7-5-14(2)9-15(17)3/h5-11H,4,12-13H2,1-3H3,(H2,25,28)(H,26,29)/b20-11-. The normalized spacial score (nSPS) is 14.4. The fourth-order valence-electron chi connectivity index (χ4n) is 3.23. The van der Waals surface area contributed by atoms with E-state index < -0.39 is 23.6 Å². The molecule has 3 rings (SSSR count). The van der Waals surface area contributed by atoms with Crippen LogP contribution < -0.4 is 20.5 Å². The number of rotatable bonds is 9. The highest BCUT2D eigenvalue weighted by molar-refractivity contribution is 8.18. The number of imide groups is 1. The first-order valence-corrected chi connectivity index (χ1v) is 11.3. The van der Waals surface area contributed by atoms with Crippen LogP contribution in [0.2, 0.25) is 0 Å². The summed E-state index contributed by atoms with van der Waals surface area (Å²) in [5.74, 6) is -0.939. The predicted molar refractivity (Wildman–Crippen MR) is 130 cm³/mol. The van der Waals surface area contributed by atoms with Gasteiger partial charge in [-0.2, -0.15) is 0 Å². The molecule has 34 heavy (non-hydrogen) atoms. The Kier molecular flexibility index (Phi) is 7.95. The second-order valence-electron chi connectivity index (χ2n) is 7.53. The third kappa shape index (κ3) is 6.16. The number of carbonyl (C=O) groups excluding carboxylic acids is 4. The molecule has 178 valence electrons. The van der Waals surface area contributed by atoms with Crippen LogP contribution in [0.15, 0.2) is 41.3 Å². The van der Waals surface area contributed by atoms with Crippen molar-refractivity contribution in [2.45, 2.75) is 20.8 Å². The molecule has 0 radical (unpaired) electrons. The minimum atomic E-state index is -0.773. The average molecular weight is 484 g/mol. The van der Waals surface area contributed by atoms with Gasteiger partial charge in [0, 0.05) is 5.69 Å². The highest BCUT2D eigenvalue weighted by atomic mass is 32.2. The minimum absolute atomic E-state index is 0.162. The van der Waals surface area contributed by atoms with Crippen LogP contribution in [0.3, 0.4) is 0 Å². The SMILES string of the molecule is CCOc1cc(/C=C2\SC(=O)N(CC(N)=O)C2=O)ccc1OCC(=O)Nc1ccc(C)cc1C. The molecule has 0 bridgehead atoms. The quantitative estimate of drug-likeness (QED) is 0.524. The summed E-state index contributed by atoms with van der Waals surface area (Å²) < 4.78 is 11.3. The van der Waals surface area contributed by atoms with Gasteiger partial charge >= 0.3 is 0 Å². The number of hydrogen-bond acceptors (Lipinski definition) is 7. The van der Waals surface area contributed by atoms with Gasteiger partial charge in [0.2, 0.25) is 5.91 Å². The van der Waals surface area contributed by atoms with Crippen LogP contribution in [0, 0.1) is 13.8 Å². The Morgan fingerprint density at radius 1 is 1.09 bits per heavy atom. The number of amides is 4. The number of primary amides is 1. The number of nitrogens with zero attached hydrogens (tertiary/aromatic N) is 1. The van der Waals surface area contributed by atoms with E-state index in [1.165, 1.54) is 6.08 Å². The van der Waals surface area contributed by atoms with Crippen molar-refractivity contribution in [3.63, 3.8) is 0 Å². The highest BCUT2D eigenvalue weighted by Gasteiger charge is 2.35. The molecule has 9 nitrogen and oxygen atoms in total. The van der Waals surface area contributed by atoms with Crippen molar-refractivity contribution in [1.82, 2.24) is 4.90 Å². The van der Waals surface area contributed by atoms with Crippen molar-refractivity contribution in [2.24, 2.45) is 5.73 Å². The van der Waals surface area contributed by atoms with E-state index in [0.29, 0.717) is 29.4 Å². The summed E-state index contributed by atoms with van der Waals surface area (Å²) in [5.41, 5.74) is 8.45. The highest BCUT2D eigenvalue weighted by Crippen LogP contribution is 2.34. The van der Waals surface area contributed by atoms with E-state index in [0.717, 1.165) is 27.8 Å². The fraction of sp³-hybridized carbons (Fsp3) is 0.250. The maximum atomic E-state index is 12.4. The van der Waals surface area contributed by atoms with Crippen LogP contribution in [-0.2, 0) is 14.4 Å². The molecule has 0 unspecified atom stereocenters. The molecule has 1 aliphatic rings. The first kappa shape index (κ1) is 24.8. The van der Waals surface area contributed by atoms with Gasteiger partial charge in [-0.25, -0.2) is 0 Å². The molecule has 0 aliphatic carbocycles. The van der Waals surface area contributed by atoms with E-state index in [9.17, 15) is 19.2 Å². The Labute approximate surface area is 201 Å². The number of nitrogens with one attached hydrogen (secondary N) is 1. The molecule has 3 N–H and O–H groups in total. The van der Waals surface area contributed by atoms with E-state index >= 15 is 0 Å². The topological polar surface area (TPSA) is 128 Å². The van der Waals surface area contributed by atoms with E-state index in [-0.39, 0.29) is 17.4 Å². The second-order valence-corrected chi connectivity index (χ2v) is 8.52. The minimum Gasteiger partial charge on any atom is -0.490 e. The number of ether oxygens (including phenoxy) is 2. The monoisotopic (exact) mass is 483 g/mol. The number of carbonyl (C=O) groups is 4. The van der Waals surface area contributed by atoms with E-state index in [1.807, 2.05) is 32.0 Å². The summed E-state index contributed by atoms with van der Waals surface area (Å²) in [6, 6.07) is 10.7. The van der Waals surface area contributed by atoms with Gasteiger partial charge in [-0.1, -0.05) is 23.8 Å². The van der Waals surface area contributed by atoms with Crippen LogP contribution >= 0.6 is 11.8 Å². The maximum absolute atomic E-state index is 12.4. The van der Waals surface area contributed by atoms with Gasteiger partial charge in [-0.3, -0.25) is 24.1 Å². The van der Waals surface area contributed by atoms with Crippen molar-refractivity contribution in [3.8, 4) is 11.5 Å². The average Bonchev–Trinajstić information content (AvgIpc) is 3.02. The molecule has 0 aromatic heterocycles. The van der Waals surface area contributed by atoms with Gasteiger partial charge in [0.05, 0.1) is 11.5 Å². The maximum Gasteiger partial charge on any atom is 0.294 e. The van der Waals surface area contributed by atoms with Crippen LogP contribution in [0.25, 0.3) is 6.08 Å². The fourth-order valence-corrected chi connectivity index (χ4v) is 4.07. The van der Waals surface area contributed by atoms with Crippen molar-refractivity contribution in [1.29, 1.82) is 0 Å². The van der Waals surface area contributed by atoms with Gasteiger partial charge in [-0.15, -0.1) is 0 Å². The number of hydrogen-bond donors (Lipinski definition) is 2. The zero-order valence-corrected chi connectivity index (χ0v) is 19.9. The van der Waals surface area contributed by atoms with Gasteiger partial charge in [-0.05, 0) is 67.9 Å². The Morgan fingerprint density at radius 2 is 1.85 bits per heavy atom. The Bertz CT molecular complexity index is 1180. The third-order valence-corrected chi connectivity index (χ3v) is 5.68. The van der Waals surface area contributed by atoms with Gasteiger partial charge in [0.25, 0.3) is 17.1 Å². The van der Waals surface area contributed by atoms with Crippen LogP contribution in [0.5, 0.6) is 11.5 Å². The molecule has 2 aromatic carbocycles. The summed E-state index contributed by atoms with van der Waals surface area (Å²) in [7, 11) is 0. The van der Waals surface area contributed by atoms with Crippen molar-refractivity contribution < 1.29 is 28.7 Å². The molecule has 0 saturated carbocycles. The smallest absolute Gasteiger partial charge is 0.294 e. The zero-order chi connectivity index (χ0) is 24.8. The number of thioether (sulfide) groups is 1. The van der Waals surface area contributed by atoms with Crippen molar-refractivity contribution in [3.05, 3.63) is 58.0 Å². The summed E-state index contributed by atoms with van der Waals surface area (Å²) in [5, 5.41) is 2.26. The lowest BCUT2D eigenvalue weighted by Crippen LogP contribution is -2.36. The lowest BCUT2D eigenvalue weighted by atomic mass is 10.1. The first-order chi connectivity index (χ1) is 16.2. The molecule has 1 heterocycles. The predicted octanol–water partition coefficient (Wildman–Crippen LogP) is 3.24. The van der Waals surface area contributed by atoms with E-state index in [2.05, 4.69) is 5.32 Å². The summed E-state index contributed by atoms with van der Waals surface area (Å²) in [6.45, 7) is 5.36. The Morgan fingerprint density at radius 3 is 2.53 bits per heavy atom. The second kappa shape index (κ2) is 10.9. The van der Waals surface area contributed by atoms with Crippen molar-refractivity contribution in [2.75, 3.05) is 25.1 Å². The number of aryl methyl sites for hydroxylation is 2. The van der Waals surface area contributed by atoms with Crippen molar-refractivity contribution >= 4 is 46.5 Å². The van der Waals surface area contributed by atoms with Gasteiger partial charge in [0.1, 0.15) is 6.54 Å². The number of benzene rings is 2. The summed E-state index contributed by atoms with van der Waals surface area (Å²) in [4.78, 5) is 48.8. The zero-order valence-electron chi connectivity index (χ0n) is 19.0. The largest absolute Gasteiger partial charge is 0.490 e. The molecular weight excluding hydrogens is 458 g/mol. The van der Waals surface area contributed by atoms with Gasteiger partial charge < -0.3 is 20.5 Å². The molecule has 1 saturated heterocycles. The van der Waals surface area contributed by atoms with Crippen LogP contribution in [0.4, 0.5) is 10.5 Å². The lowest BCUT2D eigenvalue weighted by Gasteiger charge is -2.13. The van der Waals surface area contributed by atoms with Crippen LogP contribution in [-0.4, -0.2) is 47.6 Å². The number of anilines is 1. The van der Waals surface area contributed by atoms with E-state index in [4.69, 9.17) is 15.2 Å². The molecule has 0 spiro atoms. The molecule has 2 aromatic rings. The third-order valence-electron chi connectivity index (χ3n) is 4.77. The molecule has 10 heteroatoms. The Hall–Kier alpha value is -3.79. The molecule has 1 aliphatic heterocycles. The van der Waals surface area contributed by atoms with Crippen LogP contribution in [0.1, 0.15) is 23.6 Å². The molecule has 1 fully saturated rings. The summed E-state index contributed by atoms with van der Waals surface area (Å²) in [6.07, 6.45) is 1.52. The van der Waals surface area contributed by atoms with Gasteiger partial charge in [0.15, 0.2) is 18.1 Å². The Balaban J connectivity index is 1.71. The molecule has 4 amide bonds. The first-order valence-electron chi connectivity index (χ1n) is 10.5. The number of nitrogens with two attached hydrogens (primary N) is 1. The molecule has 0 atom stereocenters. The lowest BCUT2D eigenvalue weighted by molar-refractivity contribution is -0.127.